The van der Waals surface area contributed by atoms with E-state index in [4.69, 9.17) is 9.47 Å². The fraction of sp³-hybridized carbons (Fsp3) is 0.600. The number of rotatable bonds is 8. The molecule has 0 saturated heterocycles. The molecule has 1 rings (SSSR count). The summed E-state index contributed by atoms with van der Waals surface area (Å²) in [6.07, 6.45) is 1.12. The van der Waals surface area contributed by atoms with E-state index in [0.29, 0.717) is 6.04 Å². The molecule has 102 valence electrons. The van der Waals surface area contributed by atoms with Gasteiger partial charge >= 0.3 is 0 Å². The van der Waals surface area contributed by atoms with Crippen molar-refractivity contribution in [2.24, 2.45) is 0 Å². The maximum Gasteiger partial charge on any atom is 0.119 e. The molecule has 1 unspecified atom stereocenters. The Morgan fingerprint density at radius 1 is 1.11 bits per heavy atom. The molecule has 18 heavy (non-hydrogen) atoms. The Bertz CT molecular complexity index is 322. The zero-order chi connectivity index (χ0) is 13.4. The van der Waals surface area contributed by atoms with E-state index in [0.717, 1.165) is 25.3 Å². The average Bonchev–Trinajstić information content (AvgIpc) is 2.35. The first-order valence-corrected chi connectivity index (χ1v) is 6.59. The van der Waals surface area contributed by atoms with Crippen molar-refractivity contribution in [1.82, 2.24) is 5.32 Å². The van der Waals surface area contributed by atoms with E-state index in [-0.39, 0.29) is 6.10 Å². The maximum atomic E-state index is 5.83. The van der Waals surface area contributed by atoms with E-state index < -0.39 is 0 Å². The number of benzene rings is 1. The Morgan fingerprint density at radius 2 is 1.78 bits per heavy atom. The molecule has 0 bridgehead atoms. The third-order valence-electron chi connectivity index (χ3n) is 2.67. The number of ether oxygens (including phenoxy) is 2. The molecule has 0 aliphatic heterocycles. The Hall–Kier alpha value is -1.06. The van der Waals surface area contributed by atoms with E-state index in [1.165, 1.54) is 5.56 Å². The van der Waals surface area contributed by atoms with E-state index in [1.807, 2.05) is 12.1 Å². The van der Waals surface area contributed by atoms with E-state index in [2.05, 4.69) is 38.2 Å². The topological polar surface area (TPSA) is 30.5 Å². The zero-order valence-electron chi connectivity index (χ0n) is 11.9. The fourth-order valence-corrected chi connectivity index (χ4v) is 1.63. The highest BCUT2D eigenvalue weighted by Crippen LogP contribution is 2.14. The van der Waals surface area contributed by atoms with Crippen LogP contribution in [0.5, 0.6) is 5.75 Å². The van der Waals surface area contributed by atoms with Crippen LogP contribution in [0.3, 0.4) is 0 Å². The second-order valence-electron chi connectivity index (χ2n) is 4.88. The highest BCUT2D eigenvalue weighted by Gasteiger charge is 2.04. The van der Waals surface area contributed by atoms with Crippen molar-refractivity contribution in [3.8, 4) is 5.75 Å². The first kappa shape index (κ1) is 15.0. The molecule has 0 spiro atoms. The van der Waals surface area contributed by atoms with Gasteiger partial charge in [-0.2, -0.15) is 0 Å². The van der Waals surface area contributed by atoms with Crippen LogP contribution in [0.2, 0.25) is 0 Å². The van der Waals surface area contributed by atoms with Gasteiger partial charge in [0.15, 0.2) is 0 Å². The lowest BCUT2D eigenvalue weighted by Gasteiger charge is -2.17. The van der Waals surface area contributed by atoms with Crippen molar-refractivity contribution < 1.29 is 9.47 Å². The molecular formula is C15H25NO2. The van der Waals surface area contributed by atoms with Crippen LogP contribution in [0.25, 0.3) is 0 Å². The normalized spacial score (nSPS) is 12.7. The summed E-state index contributed by atoms with van der Waals surface area (Å²) in [5, 5.41) is 3.36. The largest absolute Gasteiger partial charge is 0.489 e. The molecule has 1 aromatic carbocycles. The van der Waals surface area contributed by atoms with Crippen LogP contribution in [-0.4, -0.2) is 32.4 Å². The van der Waals surface area contributed by atoms with E-state index in [1.54, 1.807) is 7.11 Å². The molecule has 0 saturated carbocycles. The Kier molecular flexibility index (Phi) is 6.76. The summed E-state index contributed by atoms with van der Waals surface area (Å²) in [7, 11) is 1.72. The quantitative estimate of drug-likeness (QED) is 0.770. The van der Waals surface area contributed by atoms with Gasteiger partial charge < -0.3 is 14.8 Å². The Balaban J connectivity index is 2.38. The van der Waals surface area contributed by atoms with Crippen molar-refractivity contribution in [2.75, 3.05) is 20.3 Å². The highest BCUT2D eigenvalue weighted by molar-refractivity contribution is 5.27. The summed E-state index contributed by atoms with van der Waals surface area (Å²) in [5.41, 5.74) is 1.28. The molecule has 0 heterocycles. The third kappa shape index (κ3) is 6.03. The molecule has 0 aliphatic carbocycles. The van der Waals surface area contributed by atoms with Crippen molar-refractivity contribution >= 4 is 0 Å². The molecule has 1 atom stereocenters. The summed E-state index contributed by atoms with van der Waals surface area (Å²) >= 11 is 0. The molecule has 3 nitrogen and oxygen atoms in total. The maximum absolute atomic E-state index is 5.83. The SMILES string of the molecule is COCCc1ccc(OC(C)CNC(C)C)cc1. The summed E-state index contributed by atoms with van der Waals surface area (Å²) in [5.74, 6) is 0.925. The molecular weight excluding hydrogens is 226 g/mol. The second kappa shape index (κ2) is 8.11. The summed E-state index contributed by atoms with van der Waals surface area (Å²) in [6.45, 7) is 7.97. The number of hydrogen-bond acceptors (Lipinski definition) is 3. The third-order valence-corrected chi connectivity index (χ3v) is 2.67. The van der Waals surface area contributed by atoms with Crippen molar-refractivity contribution in [1.29, 1.82) is 0 Å². The van der Waals surface area contributed by atoms with Gasteiger partial charge in [0.2, 0.25) is 0 Å². The summed E-state index contributed by atoms with van der Waals surface area (Å²) in [4.78, 5) is 0. The molecule has 1 N–H and O–H groups in total. The van der Waals surface area contributed by atoms with Gasteiger partial charge in [-0.3, -0.25) is 0 Å². The van der Waals surface area contributed by atoms with Gasteiger partial charge in [-0.25, -0.2) is 0 Å². The van der Waals surface area contributed by atoms with Crippen LogP contribution in [0.4, 0.5) is 0 Å². The first-order valence-electron chi connectivity index (χ1n) is 6.59. The molecule has 3 heteroatoms. The number of methoxy groups -OCH3 is 1. The predicted octanol–water partition coefficient (Wildman–Crippen LogP) is 2.64. The van der Waals surface area contributed by atoms with E-state index >= 15 is 0 Å². The van der Waals surface area contributed by atoms with Crippen LogP contribution < -0.4 is 10.1 Å². The minimum absolute atomic E-state index is 0.178. The molecule has 0 fully saturated rings. The first-order chi connectivity index (χ1) is 8.61. The van der Waals surface area contributed by atoms with Gasteiger partial charge in [0.25, 0.3) is 0 Å². The van der Waals surface area contributed by atoms with Crippen LogP contribution >= 0.6 is 0 Å². The van der Waals surface area contributed by atoms with Crippen LogP contribution in [0.15, 0.2) is 24.3 Å². The Labute approximate surface area is 110 Å². The lowest BCUT2D eigenvalue weighted by Crippen LogP contribution is -2.33. The van der Waals surface area contributed by atoms with Gasteiger partial charge in [-0.15, -0.1) is 0 Å². The zero-order valence-corrected chi connectivity index (χ0v) is 11.9. The monoisotopic (exact) mass is 251 g/mol. The van der Waals surface area contributed by atoms with Gasteiger partial charge in [0.05, 0.1) is 6.61 Å². The highest BCUT2D eigenvalue weighted by atomic mass is 16.5. The summed E-state index contributed by atoms with van der Waals surface area (Å²) in [6, 6.07) is 8.73. The van der Waals surface area contributed by atoms with Crippen LogP contribution in [0, 0.1) is 0 Å². The Morgan fingerprint density at radius 3 is 2.33 bits per heavy atom. The molecule has 0 aliphatic rings. The van der Waals surface area contributed by atoms with Gasteiger partial charge in [0, 0.05) is 19.7 Å². The van der Waals surface area contributed by atoms with Crippen LogP contribution in [-0.2, 0) is 11.2 Å². The molecule has 0 radical (unpaired) electrons. The minimum Gasteiger partial charge on any atom is -0.489 e. The second-order valence-corrected chi connectivity index (χ2v) is 4.88. The van der Waals surface area contributed by atoms with Crippen LogP contribution in [0.1, 0.15) is 26.3 Å². The van der Waals surface area contributed by atoms with E-state index in [9.17, 15) is 0 Å². The fourth-order valence-electron chi connectivity index (χ4n) is 1.63. The summed E-state index contributed by atoms with van der Waals surface area (Å²) < 4.78 is 10.9. The smallest absolute Gasteiger partial charge is 0.119 e. The van der Waals surface area contributed by atoms with Crippen molar-refractivity contribution in [3.05, 3.63) is 29.8 Å². The molecule has 0 aromatic heterocycles. The average molecular weight is 251 g/mol. The van der Waals surface area contributed by atoms with Crippen molar-refractivity contribution in [2.45, 2.75) is 39.3 Å². The standard InChI is InChI=1S/C15H25NO2/c1-12(2)16-11-13(3)18-15-7-5-14(6-8-15)9-10-17-4/h5-8,12-13,16H,9-11H2,1-4H3. The number of hydrogen-bond donors (Lipinski definition) is 1. The predicted molar refractivity (Wildman–Crippen MR) is 75.3 cm³/mol. The minimum atomic E-state index is 0.178. The molecule has 1 aromatic rings. The van der Waals surface area contributed by atoms with Gasteiger partial charge in [-0.1, -0.05) is 26.0 Å². The number of nitrogens with one attached hydrogen (secondary N) is 1. The lowest BCUT2D eigenvalue weighted by atomic mass is 10.1. The van der Waals surface area contributed by atoms with Gasteiger partial charge in [0.1, 0.15) is 11.9 Å². The van der Waals surface area contributed by atoms with Crippen molar-refractivity contribution in [3.63, 3.8) is 0 Å². The molecule has 0 amide bonds. The van der Waals surface area contributed by atoms with Gasteiger partial charge in [-0.05, 0) is 31.0 Å². The lowest BCUT2D eigenvalue weighted by molar-refractivity contribution is 0.202.